The van der Waals surface area contributed by atoms with Gasteiger partial charge in [0, 0.05) is 31.3 Å². The number of hydrogen-bond acceptors (Lipinski definition) is 4. The molecule has 1 amide bonds. The molecule has 1 heterocycles. The molecule has 1 aliphatic rings. The van der Waals surface area contributed by atoms with Crippen molar-refractivity contribution in [3.05, 3.63) is 24.5 Å². The zero-order chi connectivity index (χ0) is 13.9. The summed E-state index contributed by atoms with van der Waals surface area (Å²) in [7, 11) is 0. The number of rotatable bonds is 3. The van der Waals surface area contributed by atoms with Crippen molar-refractivity contribution in [1.29, 1.82) is 0 Å². The average Bonchev–Trinajstić information content (AvgIpc) is 2.25. The largest absolute Gasteiger partial charge is 0.490 e. The summed E-state index contributed by atoms with van der Waals surface area (Å²) in [5.74, 6) is 0.815. The van der Waals surface area contributed by atoms with Gasteiger partial charge >= 0.3 is 6.09 Å². The van der Waals surface area contributed by atoms with Crippen LogP contribution in [0.1, 0.15) is 33.6 Å². The third kappa shape index (κ3) is 4.43. The highest BCUT2D eigenvalue weighted by Gasteiger charge is 2.33. The highest BCUT2D eigenvalue weighted by Crippen LogP contribution is 2.25. The molecule has 1 fully saturated rings. The normalized spacial score (nSPS) is 22.3. The van der Waals surface area contributed by atoms with Crippen LogP contribution in [0.5, 0.6) is 5.75 Å². The monoisotopic (exact) mass is 264 g/mol. The number of aromatic nitrogens is 1. The molecule has 0 spiro atoms. The van der Waals surface area contributed by atoms with E-state index in [0.717, 1.165) is 18.6 Å². The third-order valence-corrected chi connectivity index (χ3v) is 2.77. The second kappa shape index (κ2) is 5.47. The van der Waals surface area contributed by atoms with Crippen LogP contribution in [0.4, 0.5) is 4.79 Å². The van der Waals surface area contributed by atoms with Gasteiger partial charge in [0.2, 0.25) is 0 Å². The second-order valence-electron chi connectivity index (χ2n) is 5.74. The highest BCUT2D eigenvalue weighted by atomic mass is 16.6. The van der Waals surface area contributed by atoms with Crippen molar-refractivity contribution >= 4 is 6.09 Å². The first kappa shape index (κ1) is 13.6. The van der Waals surface area contributed by atoms with Crippen LogP contribution in [0.2, 0.25) is 0 Å². The van der Waals surface area contributed by atoms with Crippen LogP contribution in [0.3, 0.4) is 0 Å². The van der Waals surface area contributed by atoms with Crippen LogP contribution in [-0.2, 0) is 4.74 Å². The molecule has 1 saturated carbocycles. The molecule has 2 rings (SSSR count). The molecule has 1 aromatic rings. The first-order valence-electron chi connectivity index (χ1n) is 6.48. The number of amides is 1. The quantitative estimate of drug-likeness (QED) is 0.911. The number of ether oxygens (including phenoxy) is 2. The van der Waals surface area contributed by atoms with Gasteiger partial charge in [-0.25, -0.2) is 4.79 Å². The van der Waals surface area contributed by atoms with E-state index in [0.29, 0.717) is 0 Å². The van der Waals surface area contributed by atoms with Crippen LogP contribution in [0.15, 0.2) is 24.5 Å². The van der Waals surface area contributed by atoms with E-state index in [1.165, 1.54) is 0 Å². The summed E-state index contributed by atoms with van der Waals surface area (Å²) < 4.78 is 10.9. The smallest absolute Gasteiger partial charge is 0.407 e. The van der Waals surface area contributed by atoms with Crippen molar-refractivity contribution in [2.45, 2.75) is 51.4 Å². The van der Waals surface area contributed by atoms with Gasteiger partial charge in [0.15, 0.2) is 0 Å². The second-order valence-corrected chi connectivity index (χ2v) is 5.74. The third-order valence-electron chi connectivity index (χ3n) is 2.77. The minimum absolute atomic E-state index is 0.140. The van der Waals surface area contributed by atoms with Gasteiger partial charge in [0.1, 0.15) is 17.5 Å². The van der Waals surface area contributed by atoms with Gasteiger partial charge in [-0.2, -0.15) is 0 Å². The summed E-state index contributed by atoms with van der Waals surface area (Å²) in [6.07, 6.45) is 4.81. The molecule has 0 atom stereocenters. The lowest BCUT2D eigenvalue weighted by atomic mass is 9.89. The Labute approximate surface area is 113 Å². The van der Waals surface area contributed by atoms with Crippen LogP contribution in [0.25, 0.3) is 0 Å². The maximum atomic E-state index is 11.5. The van der Waals surface area contributed by atoms with E-state index < -0.39 is 5.60 Å². The molecule has 0 saturated heterocycles. The van der Waals surface area contributed by atoms with Crippen molar-refractivity contribution in [3.8, 4) is 5.75 Å². The molecule has 5 heteroatoms. The standard InChI is InChI=1S/C14H20N2O3/c1-14(2,3)19-13(17)16-10-8-12(9-10)18-11-4-6-15-7-5-11/h4-7,10,12H,8-9H2,1-3H3,(H,16,17). The Bertz CT molecular complexity index is 422. The first-order chi connectivity index (χ1) is 8.92. The fourth-order valence-corrected chi connectivity index (χ4v) is 1.86. The van der Waals surface area contributed by atoms with Gasteiger partial charge in [-0.15, -0.1) is 0 Å². The van der Waals surface area contributed by atoms with Crippen molar-refractivity contribution < 1.29 is 14.3 Å². The maximum Gasteiger partial charge on any atom is 0.407 e. The van der Waals surface area contributed by atoms with Crippen LogP contribution in [0, 0.1) is 0 Å². The summed E-state index contributed by atoms with van der Waals surface area (Å²) in [5, 5.41) is 2.84. The Morgan fingerprint density at radius 3 is 2.53 bits per heavy atom. The van der Waals surface area contributed by atoms with E-state index in [9.17, 15) is 4.79 Å². The molecule has 0 aromatic carbocycles. The van der Waals surface area contributed by atoms with Gasteiger partial charge in [0.05, 0.1) is 0 Å². The molecule has 1 aliphatic carbocycles. The molecule has 1 aromatic heterocycles. The molecule has 5 nitrogen and oxygen atoms in total. The Balaban J connectivity index is 1.68. The van der Waals surface area contributed by atoms with E-state index in [1.807, 2.05) is 32.9 Å². The molecule has 0 radical (unpaired) electrons. The number of alkyl carbamates (subject to hydrolysis) is 1. The van der Waals surface area contributed by atoms with Gasteiger partial charge < -0.3 is 14.8 Å². The maximum absolute atomic E-state index is 11.5. The number of nitrogens with zero attached hydrogens (tertiary/aromatic N) is 1. The minimum Gasteiger partial charge on any atom is -0.490 e. The fourth-order valence-electron chi connectivity index (χ4n) is 1.86. The summed E-state index contributed by atoms with van der Waals surface area (Å²) in [6, 6.07) is 3.80. The lowest BCUT2D eigenvalue weighted by molar-refractivity contribution is 0.0363. The van der Waals surface area contributed by atoms with Crippen molar-refractivity contribution in [2.24, 2.45) is 0 Å². The van der Waals surface area contributed by atoms with Crippen LogP contribution < -0.4 is 10.1 Å². The number of hydrogen-bond donors (Lipinski definition) is 1. The highest BCUT2D eigenvalue weighted by molar-refractivity contribution is 5.68. The summed E-state index contributed by atoms with van der Waals surface area (Å²) in [4.78, 5) is 15.5. The average molecular weight is 264 g/mol. The predicted octanol–water partition coefficient (Wildman–Crippen LogP) is 2.52. The molecule has 1 N–H and O–H groups in total. The first-order valence-corrected chi connectivity index (χ1v) is 6.48. The van der Waals surface area contributed by atoms with Gasteiger partial charge in [-0.3, -0.25) is 4.98 Å². The minimum atomic E-state index is -0.458. The number of carbonyl (C=O) groups excluding carboxylic acids is 1. The molecule has 104 valence electrons. The lowest BCUT2D eigenvalue weighted by Gasteiger charge is -2.36. The number of nitrogens with one attached hydrogen (secondary N) is 1. The zero-order valence-corrected chi connectivity index (χ0v) is 11.6. The SMILES string of the molecule is CC(C)(C)OC(=O)NC1CC(Oc2ccncc2)C1. The van der Waals surface area contributed by atoms with Crippen molar-refractivity contribution in [2.75, 3.05) is 0 Å². The van der Waals surface area contributed by atoms with Gasteiger partial charge in [-0.1, -0.05) is 0 Å². The van der Waals surface area contributed by atoms with E-state index in [4.69, 9.17) is 9.47 Å². The van der Waals surface area contributed by atoms with Crippen LogP contribution in [-0.4, -0.2) is 28.8 Å². The zero-order valence-electron chi connectivity index (χ0n) is 11.6. The summed E-state index contributed by atoms with van der Waals surface area (Å²) in [6.45, 7) is 5.55. The van der Waals surface area contributed by atoms with Crippen molar-refractivity contribution in [1.82, 2.24) is 10.3 Å². The van der Waals surface area contributed by atoms with Crippen LogP contribution >= 0.6 is 0 Å². The molecule has 19 heavy (non-hydrogen) atoms. The number of carbonyl (C=O) groups is 1. The Morgan fingerprint density at radius 2 is 1.95 bits per heavy atom. The fraction of sp³-hybridized carbons (Fsp3) is 0.571. The Kier molecular flexibility index (Phi) is 3.93. The van der Waals surface area contributed by atoms with E-state index in [-0.39, 0.29) is 18.2 Å². The molecule has 0 unspecified atom stereocenters. The number of pyridine rings is 1. The Morgan fingerprint density at radius 1 is 1.32 bits per heavy atom. The molecule has 0 aliphatic heterocycles. The summed E-state index contributed by atoms with van der Waals surface area (Å²) in [5.41, 5.74) is -0.458. The topological polar surface area (TPSA) is 60.5 Å². The predicted molar refractivity (Wildman–Crippen MR) is 71.0 cm³/mol. The van der Waals surface area contributed by atoms with E-state index >= 15 is 0 Å². The summed E-state index contributed by atoms with van der Waals surface area (Å²) >= 11 is 0. The van der Waals surface area contributed by atoms with E-state index in [1.54, 1.807) is 12.4 Å². The lowest BCUT2D eigenvalue weighted by Crippen LogP contribution is -2.50. The van der Waals surface area contributed by atoms with E-state index in [2.05, 4.69) is 10.3 Å². The van der Waals surface area contributed by atoms with Gasteiger partial charge in [-0.05, 0) is 32.9 Å². The molecule has 0 bridgehead atoms. The van der Waals surface area contributed by atoms with Gasteiger partial charge in [0.25, 0.3) is 0 Å². The molecular weight excluding hydrogens is 244 g/mol. The van der Waals surface area contributed by atoms with Crippen molar-refractivity contribution in [3.63, 3.8) is 0 Å². The Hall–Kier alpha value is -1.78. The molecular formula is C14H20N2O3.